The summed E-state index contributed by atoms with van der Waals surface area (Å²) in [5.74, 6) is -0.890. The predicted molar refractivity (Wildman–Crippen MR) is 247 cm³/mol. The van der Waals surface area contributed by atoms with Crippen LogP contribution in [0.4, 0.5) is 0 Å². The molecule has 0 bridgehead atoms. The molecule has 0 radical (unpaired) electrons. The fourth-order valence-electron chi connectivity index (χ4n) is 5.41. The Morgan fingerprint density at radius 3 is 1.31 bits per heavy atom. The summed E-state index contributed by atoms with van der Waals surface area (Å²) in [6.07, 6.45) is 58.3. The summed E-state index contributed by atoms with van der Waals surface area (Å²) in [7, 11) is -4.40. The Balaban J connectivity index is 4.24. The van der Waals surface area contributed by atoms with Gasteiger partial charge in [0.2, 0.25) is 0 Å². The van der Waals surface area contributed by atoms with Gasteiger partial charge < -0.3 is 20.1 Å². The SMILES string of the molecule is CC/C=C\C/C=C\C/C=C\C/C=C\C/C=C\C/C=C\CCCCCCC(=O)OC(COC(=O)CCCCCCC/C=C\C/C=C\C/C=C\CC)COP(=O)(O)OCCN. The smallest absolute Gasteiger partial charge is 0.462 e. The van der Waals surface area contributed by atoms with Crippen molar-refractivity contribution in [2.75, 3.05) is 26.4 Å². The molecule has 0 spiro atoms. The van der Waals surface area contributed by atoms with E-state index in [2.05, 4.69) is 123 Å². The molecule has 0 heterocycles. The van der Waals surface area contributed by atoms with Gasteiger partial charge in [0.1, 0.15) is 6.61 Å². The molecular formula is C49H80NO8P. The van der Waals surface area contributed by atoms with E-state index in [1.807, 2.05) is 0 Å². The minimum atomic E-state index is -4.40. The monoisotopic (exact) mass is 842 g/mol. The summed E-state index contributed by atoms with van der Waals surface area (Å²) in [5.41, 5.74) is 5.35. The predicted octanol–water partition coefficient (Wildman–Crippen LogP) is 13.2. The van der Waals surface area contributed by atoms with Crippen molar-refractivity contribution < 1.29 is 37.6 Å². The van der Waals surface area contributed by atoms with Gasteiger partial charge >= 0.3 is 19.8 Å². The van der Waals surface area contributed by atoms with Crippen LogP contribution in [0.25, 0.3) is 0 Å². The number of phosphoric ester groups is 1. The van der Waals surface area contributed by atoms with Gasteiger partial charge in [0.15, 0.2) is 6.10 Å². The third-order valence-electron chi connectivity index (χ3n) is 8.65. The molecule has 0 aliphatic heterocycles. The van der Waals surface area contributed by atoms with Gasteiger partial charge in [-0.1, -0.05) is 155 Å². The first-order valence-corrected chi connectivity index (χ1v) is 23.9. The Morgan fingerprint density at radius 2 is 0.881 bits per heavy atom. The maximum atomic E-state index is 12.6. The first-order valence-electron chi connectivity index (χ1n) is 22.4. The summed E-state index contributed by atoms with van der Waals surface area (Å²) in [6.45, 7) is 3.43. The number of ether oxygens (including phenoxy) is 2. The maximum absolute atomic E-state index is 12.6. The number of allylic oxidation sites excluding steroid dienone is 18. The van der Waals surface area contributed by atoms with E-state index in [0.717, 1.165) is 116 Å². The van der Waals surface area contributed by atoms with Crippen LogP contribution in [0.1, 0.15) is 155 Å². The summed E-state index contributed by atoms with van der Waals surface area (Å²) in [4.78, 5) is 34.9. The molecule has 0 aliphatic carbocycles. The normalized spacial score (nSPS) is 14.3. The number of hydrogen-bond donors (Lipinski definition) is 2. The molecule has 3 N–H and O–H groups in total. The van der Waals surface area contributed by atoms with Gasteiger partial charge in [-0.25, -0.2) is 4.57 Å². The zero-order valence-electron chi connectivity index (χ0n) is 36.7. The van der Waals surface area contributed by atoms with Crippen LogP contribution in [-0.2, 0) is 32.7 Å². The first-order chi connectivity index (χ1) is 28.8. The third-order valence-corrected chi connectivity index (χ3v) is 9.64. The topological polar surface area (TPSA) is 134 Å². The van der Waals surface area contributed by atoms with Crippen LogP contribution in [0.15, 0.2) is 109 Å². The molecule has 0 rings (SSSR count). The molecule has 0 amide bonds. The minimum absolute atomic E-state index is 0.0395. The molecule has 334 valence electrons. The lowest BCUT2D eigenvalue weighted by Crippen LogP contribution is -2.29. The van der Waals surface area contributed by atoms with Crippen molar-refractivity contribution in [1.82, 2.24) is 0 Å². The summed E-state index contributed by atoms with van der Waals surface area (Å²) in [5, 5.41) is 0. The van der Waals surface area contributed by atoms with E-state index in [1.165, 1.54) is 0 Å². The zero-order valence-corrected chi connectivity index (χ0v) is 37.6. The van der Waals surface area contributed by atoms with Gasteiger partial charge in [0.05, 0.1) is 13.2 Å². The lowest BCUT2D eigenvalue weighted by molar-refractivity contribution is -0.161. The number of phosphoric acid groups is 1. The van der Waals surface area contributed by atoms with E-state index in [4.69, 9.17) is 24.3 Å². The van der Waals surface area contributed by atoms with E-state index < -0.39 is 32.5 Å². The Labute approximate surface area is 359 Å². The molecule has 0 aromatic rings. The summed E-state index contributed by atoms with van der Waals surface area (Å²) >= 11 is 0. The quantitative estimate of drug-likeness (QED) is 0.0267. The fourth-order valence-corrected chi connectivity index (χ4v) is 6.18. The van der Waals surface area contributed by atoms with Crippen LogP contribution in [0, 0.1) is 0 Å². The Bertz CT molecular complexity index is 1330. The van der Waals surface area contributed by atoms with E-state index >= 15 is 0 Å². The second-order valence-corrected chi connectivity index (χ2v) is 15.6. The van der Waals surface area contributed by atoms with Crippen molar-refractivity contribution in [2.45, 2.75) is 161 Å². The second kappa shape index (κ2) is 44.2. The second-order valence-electron chi connectivity index (χ2n) is 14.1. The standard InChI is InChI=1S/C49H80NO8P/c1-3-5-7-9-11-13-15-17-19-20-21-22-23-24-25-26-28-30-32-34-36-38-40-42-49(52)58-47(46-57-59(53,54)56-44-43-50)45-55-48(51)41-39-37-35-33-31-29-27-18-16-14-12-10-8-6-4-2/h5-8,11-14,17-19,21-22,24-25,27-28,30,47H,3-4,9-10,15-16,20,23,26,29,31-46,50H2,1-2H3,(H,53,54)/b7-5-,8-6-,13-11-,14-12-,19-17-,22-21-,25-24-,27-18-,30-28-. The van der Waals surface area contributed by atoms with Gasteiger partial charge in [-0.15, -0.1) is 0 Å². The van der Waals surface area contributed by atoms with Crippen LogP contribution in [0.3, 0.4) is 0 Å². The van der Waals surface area contributed by atoms with Crippen molar-refractivity contribution in [1.29, 1.82) is 0 Å². The molecule has 59 heavy (non-hydrogen) atoms. The van der Waals surface area contributed by atoms with Crippen LogP contribution in [-0.4, -0.2) is 49.3 Å². The molecule has 0 fully saturated rings. The molecule has 10 heteroatoms. The maximum Gasteiger partial charge on any atom is 0.472 e. The molecule has 9 nitrogen and oxygen atoms in total. The van der Waals surface area contributed by atoms with Crippen molar-refractivity contribution in [3.8, 4) is 0 Å². The highest BCUT2D eigenvalue weighted by atomic mass is 31.2. The average molecular weight is 842 g/mol. The highest BCUT2D eigenvalue weighted by molar-refractivity contribution is 7.47. The zero-order chi connectivity index (χ0) is 43.2. The first kappa shape index (κ1) is 55.7. The van der Waals surface area contributed by atoms with Crippen LogP contribution >= 0.6 is 7.82 Å². The van der Waals surface area contributed by atoms with Crippen molar-refractivity contribution in [2.24, 2.45) is 5.73 Å². The van der Waals surface area contributed by atoms with E-state index in [1.54, 1.807) is 0 Å². The van der Waals surface area contributed by atoms with E-state index in [9.17, 15) is 19.0 Å². The van der Waals surface area contributed by atoms with Crippen molar-refractivity contribution in [3.05, 3.63) is 109 Å². The number of hydrogen-bond acceptors (Lipinski definition) is 8. The Kier molecular flexibility index (Phi) is 41.7. The largest absolute Gasteiger partial charge is 0.472 e. The number of carbonyl (C=O) groups excluding carboxylic acids is 2. The molecular weight excluding hydrogens is 762 g/mol. The third kappa shape index (κ3) is 44.1. The molecule has 0 aromatic carbocycles. The highest BCUT2D eigenvalue weighted by Gasteiger charge is 2.26. The van der Waals surface area contributed by atoms with E-state index in [-0.39, 0.29) is 32.6 Å². The molecule has 2 atom stereocenters. The lowest BCUT2D eigenvalue weighted by Gasteiger charge is -2.19. The molecule has 0 saturated heterocycles. The number of esters is 2. The molecule has 0 aromatic heterocycles. The average Bonchev–Trinajstić information content (AvgIpc) is 3.22. The van der Waals surface area contributed by atoms with Gasteiger partial charge in [0, 0.05) is 19.4 Å². The van der Waals surface area contributed by atoms with Gasteiger partial charge in [-0.05, 0) is 96.3 Å². The van der Waals surface area contributed by atoms with Crippen LogP contribution in [0.5, 0.6) is 0 Å². The van der Waals surface area contributed by atoms with Gasteiger partial charge in [0.25, 0.3) is 0 Å². The molecule has 2 unspecified atom stereocenters. The number of nitrogens with two attached hydrogens (primary N) is 1. The van der Waals surface area contributed by atoms with Crippen LogP contribution in [0.2, 0.25) is 0 Å². The number of rotatable bonds is 40. The lowest BCUT2D eigenvalue weighted by atomic mass is 10.1. The Morgan fingerprint density at radius 1 is 0.508 bits per heavy atom. The number of carbonyl (C=O) groups is 2. The van der Waals surface area contributed by atoms with Gasteiger partial charge in [-0.2, -0.15) is 0 Å². The number of unbranched alkanes of at least 4 members (excludes halogenated alkanes) is 9. The minimum Gasteiger partial charge on any atom is -0.462 e. The van der Waals surface area contributed by atoms with Crippen molar-refractivity contribution >= 4 is 19.8 Å². The summed E-state index contributed by atoms with van der Waals surface area (Å²) in [6, 6.07) is 0. The van der Waals surface area contributed by atoms with Gasteiger partial charge in [-0.3, -0.25) is 18.6 Å². The Hall–Kier alpha value is -3.33. The fraction of sp³-hybridized carbons (Fsp3) is 0.592. The van der Waals surface area contributed by atoms with Crippen molar-refractivity contribution in [3.63, 3.8) is 0 Å². The van der Waals surface area contributed by atoms with E-state index in [0.29, 0.717) is 12.8 Å². The summed E-state index contributed by atoms with van der Waals surface area (Å²) < 4.78 is 32.8. The molecule has 0 aliphatic rings. The van der Waals surface area contributed by atoms with Crippen LogP contribution < -0.4 is 5.73 Å². The highest BCUT2D eigenvalue weighted by Crippen LogP contribution is 2.43. The molecule has 0 saturated carbocycles.